The lowest BCUT2D eigenvalue weighted by molar-refractivity contribution is 0.0933. The predicted molar refractivity (Wildman–Crippen MR) is 113 cm³/mol. The number of carbonyl (C=O) groups excluding carboxylic acids is 1. The average molecular weight is 405 g/mol. The summed E-state index contributed by atoms with van der Waals surface area (Å²) < 4.78 is 22.3. The summed E-state index contributed by atoms with van der Waals surface area (Å²) in [6.45, 7) is 0.400. The first-order valence-electron chi connectivity index (χ1n) is 9.69. The van der Waals surface area contributed by atoms with Crippen LogP contribution in [0.4, 0.5) is 0 Å². The van der Waals surface area contributed by atoms with Crippen LogP contribution in [0.25, 0.3) is 0 Å². The van der Waals surface area contributed by atoms with E-state index >= 15 is 0 Å². The maximum atomic E-state index is 12.5. The normalized spacial score (nSPS) is 14.4. The van der Waals surface area contributed by atoms with E-state index in [-0.39, 0.29) is 12.0 Å². The molecule has 0 bridgehead atoms. The third-order valence-corrected chi connectivity index (χ3v) is 4.89. The van der Waals surface area contributed by atoms with E-state index in [1.807, 2.05) is 48.5 Å². The minimum absolute atomic E-state index is 0.129. The van der Waals surface area contributed by atoms with E-state index in [4.69, 9.17) is 18.9 Å². The molecule has 1 aliphatic rings. The van der Waals surface area contributed by atoms with Crippen molar-refractivity contribution in [1.29, 1.82) is 0 Å². The summed E-state index contributed by atoms with van der Waals surface area (Å²) in [5.74, 6) is 3.27. The Morgan fingerprint density at radius 2 is 1.77 bits per heavy atom. The van der Waals surface area contributed by atoms with Crippen LogP contribution in [0.2, 0.25) is 0 Å². The second kappa shape index (κ2) is 8.78. The minimum Gasteiger partial charge on any atom is -0.493 e. The van der Waals surface area contributed by atoms with E-state index in [9.17, 15) is 4.79 Å². The van der Waals surface area contributed by atoms with Crippen LogP contribution in [-0.2, 0) is 6.42 Å². The quantitative estimate of drug-likeness (QED) is 0.637. The van der Waals surface area contributed by atoms with Gasteiger partial charge >= 0.3 is 0 Å². The van der Waals surface area contributed by atoms with Crippen LogP contribution in [0.1, 0.15) is 15.9 Å². The van der Waals surface area contributed by atoms with Crippen molar-refractivity contribution in [3.05, 3.63) is 77.9 Å². The van der Waals surface area contributed by atoms with Gasteiger partial charge in [0.1, 0.15) is 23.4 Å². The van der Waals surface area contributed by atoms with Crippen LogP contribution in [0.15, 0.2) is 66.7 Å². The van der Waals surface area contributed by atoms with Crippen LogP contribution < -0.4 is 24.3 Å². The van der Waals surface area contributed by atoms with Gasteiger partial charge in [-0.05, 0) is 48.5 Å². The van der Waals surface area contributed by atoms with Gasteiger partial charge in [-0.2, -0.15) is 0 Å². The number of nitrogens with one attached hydrogen (secondary N) is 1. The number of amides is 1. The highest BCUT2D eigenvalue weighted by Gasteiger charge is 2.24. The molecule has 0 spiro atoms. The summed E-state index contributed by atoms with van der Waals surface area (Å²) in [5.41, 5.74) is 1.57. The molecule has 30 heavy (non-hydrogen) atoms. The van der Waals surface area contributed by atoms with Crippen LogP contribution in [0.3, 0.4) is 0 Å². The highest BCUT2D eigenvalue weighted by Crippen LogP contribution is 2.33. The molecule has 3 aromatic rings. The number of methoxy groups -OCH3 is 2. The van der Waals surface area contributed by atoms with E-state index in [1.54, 1.807) is 32.4 Å². The molecule has 0 aromatic heterocycles. The third kappa shape index (κ3) is 4.33. The second-order valence-electron chi connectivity index (χ2n) is 6.91. The fraction of sp³-hybridized carbons (Fsp3) is 0.208. The van der Waals surface area contributed by atoms with E-state index < -0.39 is 0 Å². The molecule has 4 rings (SSSR count). The molecule has 1 atom stereocenters. The van der Waals surface area contributed by atoms with E-state index in [0.717, 1.165) is 22.8 Å². The van der Waals surface area contributed by atoms with Gasteiger partial charge in [0.25, 0.3) is 5.91 Å². The van der Waals surface area contributed by atoms with Crippen LogP contribution >= 0.6 is 0 Å². The minimum atomic E-state index is -0.191. The molecule has 0 unspecified atom stereocenters. The highest BCUT2D eigenvalue weighted by molar-refractivity contribution is 5.94. The molecule has 154 valence electrons. The lowest BCUT2D eigenvalue weighted by atomic mass is 10.1. The van der Waals surface area contributed by atoms with Crippen LogP contribution in [-0.4, -0.2) is 32.8 Å². The number of benzene rings is 3. The number of ether oxygens (including phenoxy) is 4. The molecule has 0 fully saturated rings. The van der Waals surface area contributed by atoms with E-state index in [0.29, 0.717) is 30.0 Å². The Labute approximate surface area is 175 Å². The molecule has 0 aliphatic carbocycles. The van der Waals surface area contributed by atoms with Crippen molar-refractivity contribution >= 4 is 5.91 Å². The SMILES string of the molecule is COc1ccc(C(=O)NC[C@H]2Cc3cc(Oc4ccccc4)ccc3O2)cc1OC. The zero-order valence-electron chi connectivity index (χ0n) is 16.9. The highest BCUT2D eigenvalue weighted by atomic mass is 16.5. The number of hydrogen-bond donors (Lipinski definition) is 1. The van der Waals surface area contributed by atoms with Gasteiger partial charge in [-0.25, -0.2) is 0 Å². The number of rotatable bonds is 7. The molecule has 1 N–H and O–H groups in total. The Morgan fingerprint density at radius 3 is 2.53 bits per heavy atom. The summed E-state index contributed by atoms with van der Waals surface area (Å²) in [6, 6.07) is 20.5. The van der Waals surface area contributed by atoms with Crippen molar-refractivity contribution in [2.75, 3.05) is 20.8 Å². The van der Waals surface area contributed by atoms with Crippen molar-refractivity contribution in [3.63, 3.8) is 0 Å². The monoisotopic (exact) mass is 405 g/mol. The summed E-state index contributed by atoms with van der Waals surface area (Å²) in [5, 5.41) is 2.93. The lowest BCUT2D eigenvalue weighted by Crippen LogP contribution is -2.34. The molecule has 3 aromatic carbocycles. The molecule has 0 radical (unpaired) electrons. The van der Waals surface area contributed by atoms with Gasteiger partial charge in [0.15, 0.2) is 11.5 Å². The summed E-state index contributed by atoms with van der Waals surface area (Å²) in [6.07, 6.45) is 0.573. The Morgan fingerprint density at radius 1 is 0.967 bits per heavy atom. The van der Waals surface area contributed by atoms with Crippen molar-refractivity contribution in [3.8, 4) is 28.7 Å². The predicted octanol–water partition coefficient (Wildman–Crippen LogP) is 4.23. The van der Waals surface area contributed by atoms with E-state index in [2.05, 4.69) is 5.32 Å². The van der Waals surface area contributed by atoms with Crippen LogP contribution in [0.5, 0.6) is 28.7 Å². The Hall–Kier alpha value is -3.67. The van der Waals surface area contributed by atoms with Gasteiger partial charge in [0.2, 0.25) is 0 Å². The number of carbonyl (C=O) groups is 1. The van der Waals surface area contributed by atoms with Crippen LogP contribution in [0, 0.1) is 0 Å². The lowest BCUT2D eigenvalue weighted by Gasteiger charge is -2.13. The summed E-state index contributed by atoms with van der Waals surface area (Å²) in [7, 11) is 3.10. The molecule has 0 saturated heterocycles. The molecule has 6 nitrogen and oxygen atoms in total. The number of fused-ring (bicyclic) bond motifs is 1. The van der Waals surface area contributed by atoms with Crippen molar-refractivity contribution in [1.82, 2.24) is 5.32 Å². The zero-order valence-corrected chi connectivity index (χ0v) is 16.9. The molecular formula is C24H23NO5. The third-order valence-electron chi connectivity index (χ3n) is 4.89. The van der Waals surface area contributed by atoms with Gasteiger partial charge < -0.3 is 24.3 Å². The fourth-order valence-corrected chi connectivity index (χ4v) is 3.38. The largest absolute Gasteiger partial charge is 0.493 e. The number of hydrogen-bond acceptors (Lipinski definition) is 5. The molecular weight excluding hydrogens is 382 g/mol. The average Bonchev–Trinajstić information content (AvgIpc) is 3.20. The van der Waals surface area contributed by atoms with Gasteiger partial charge in [0, 0.05) is 17.5 Å². The molecule has 1 heterocycles. The van der Waals surface area contributed by atoms with Gasteiger partial charge in [-0.3, -0.25) is 4.79 Å². The Balaban J connectivity index is 1.35. The summed E-state index contributed by atoms with van der Waals surface area (Å²) in [4.78, 5) is 12.5. The topological polar surface area (TPSA) is 66.0 Å². The first-order valence-corrected chi connectivity index (χ1v) is 9.69. The maximum Gasteiger partial charge on any atom is 0.251 e. The Bertz CT molecular complexity index is 1040. The smallest absolute Gasteiger partial charge is 0.251 e. The first kappa shape index (κ1) is 19.6. The first-order chi connectivity index (χ1) is 14.7. The van der Waals surface area contributed by atoms with Gasteiger partial charge in [-0.15, -0.1) is 0 Å². The second-order valence-corrected chi connectivity index (χ2v) is 6.91. The molecule has 6 heteroatoms. The fourth-order valence-electron chi connectivity index (χ4n) is 3.38. The zero-order chi connectivity index (χ0) is 20.9. The van der Waals surface area contributed by atoms with E-state index in [1.165, 1.54) is 0 Å². The molecule has 1 amide bonds. The number of para-hydroxylation sites is 1. The van der Waals surface area contributed by atoms with Crippen molar-refractivity contribution in [2.45, 2.75) is 12.5 Å². The van der Waals surface area contributed by atoms with Crippen molar-refractivity contribution in [2.24, 2.45) is 0 Å². The van der Waals surface area contributed by atoms with Gasteiger partial charge in [0.05, 0.1) is 20.8 Å². The standard InChI is InChI=1S/C24H23NO5/c1-27-22-10-8-16(14-23(22)28-2)24(26)25-15-20-13-17-12-19(9-11-21(17)30-20)29-18-6-4-3-5-7-18/h3-12,14,20H,13,15H2,1-2H3,(H,25,26)/t20-/m1/s1. The summed E-state index contributed by atoms with van der Waals surface area (Å²) >= 11 is 0. The Kier molecular flexibility index (Phi) is 5.75. The van der Waals surface area contributed by atoms with Crippen molar-refractivity contribution < 1.29 is 23.7 Å². The molecule has 1 aliphatic heterocycles. The molecule has 0 saturated carbocycles. The maximum absolute atomic E-state index is 12.5. The van der Waals surface area contributed by atoms with Gasteiger partial charge in [-0.1, -0.05) is 18.2 Å².